The number of benzene rings is 1. The fourth-order valence-corrected chi connectivity index (χ4v) is 7.12. The number of fused-ring (bicyclic) bond motifs is 1. The Labute approximate surface area is 160 Å². The molecule has 4 aliphatic carbocycles. The number of primary sulfonamides is 1. The molecular weight excluding hydrogens is 362 g/mol. The van der Waals surface area contributed by atoms with E-state index in [2.05, 4.69) is 10.2 Å². The second-order valence-corrected chi connectivity index (χ2v) is 10.8. The molecule has 3 N–H and O–H groups in total. The third-order valence-corrected chi connectivity index (χ3v) is 8.06. The van der Waals surface area contributed by atoms with Crippen molar-refractivity contribution in [1.82, 2.24) is 5.32 Å². The first kappa shape index (κ1) is 17.5. The van der Waals surface area contributed by atoms with Gasteiger partial charge in [-0.3, -0.25) is 4.79 Å². The molecule has 6 rings (SSSR count). The highest BCUT2D eigenvalue weighted by Gasteiger charge is 2.51. The molecule has 4 saturated carbocycles. The molecule has 146 valence electrons. The highest BCUT2D eigenvalue weighted by atomic mass is 32.2. The maximum atomic E-state index is 12.9. The molecule has 6 nitrogen and oxygen atoms in total. The van der Waals surface area contributed by atoms with E-state index < -0.39 is 10.0 Å². The van der Waals surface area contributed by atoms with Crippen LogP contribution in [0.1, 0.15) is 44.1 Å². The summed E-state index contributed by atoms with van der Waals surface area (Å²) in [6.45, 7) is 1.07. The molecule has 1 amide bonds. The minimum atomic E-state index is -3.69. The lowest BCUT2D eigenvalue weighted by molar-refractivity contribution is -0.125. The van der Waals surface area contributed by atoms with Crippen molar-refractivity contribution in [2.45, 2.75) is 55.4 Å². The van der Waals surface area contributed by atoms with Gasteiger partial charge in [-0.1, -0.05) is 0 Å². The van der Waals surface area contributed by atoms with E-state index in [0.29, 0.717) is 6.54 Å². The summed E-state index contributed by atoms with van der Waals surface area (Å²) < 4.78 is 23.1. The topological polar surface area (TPSA) is 92.5 Å². The molecule has 4 bridgehead atoms. The maximum absolute atomic E-state index is 12.9. The Hall–Kier alpha value is -1.60. The van der Waals surface area contributed by atoms with Crippen LogP contribution >= 0.6 is 0 Å². The number of carbonyl (C=O) groups is 1. The van der Waals surface area contributed by atoms with E-state index in [0.717, 1.165) is 61.2 Å². The van der Waals surface area contributed by atoms with Gasteiger partial charge >= 0.3 is 0 Å². The van der Waals surface area contributed by atoms with Gasteiger partial charge in [-0.25, -0.2) is 13.6 Å². The van der Waals surface area contributed by atoms with Gasteiger partial charge in [-0.05, 0) is 86.5 Å². The number of nitrogens with one attached hydrogen (secondary N) is 1. The first-order valence-corrected chi connectivity index (χ1v) is 11.6. The zero-order valence-electron chi connectivity index (χ0n) is 15.5. The number of sulfonamides is 1. The van der Waals surface area contributed by atoms with Crippen LogP contribution in [-0.4, -0.2) is 33.0 Å². The molecule has 7 heteroatoms. The van der Waals surface area contributed by atoms with Crippen LogP contribution in [0, 0.1) is 17.8 Å². The first-order valence-electron chi connectivity index (χ1n) is 10.0. The van der Waals surface area contributed by atoms with Gasteiger partial charge in [-0.2, -0.15) is 0 Å². The molecule has 0 unspecified atom stereocenters. The lowest BCUT2D eigenvalue weighted by Gasteiger charge is -2.57. The Kier molecular flexibility index (Phi) is 3.85. The van der Waals surface area contributed by atoms with Gasteiger partial charge in [0.25, 0.3) is 0 Å². The van der Waals surface area contributed by atoms with Gasteiger partial charge in [0.15, 0.2) is 0 Å². The zero-order valence-corrected chi connectivity index (χ0v) is 16.3. The van der Waals surface area contributed by atoms with E-state index in [1.165, 1.54) is 25.3 Å². The maximum Gasteiger partial charge on any atom is 0.239 e. The van der Waals surface area contributed by atoms with Crippen LogP contribution in [0.4, 0.5) is 5.69 Å². The molecule has 1 heterocycles. The van der Waals surface area contributed by atoms with Crippen molar-refractivity contribution in [3.8, 4) is 0 Å². The van der Waals surface area contributed by atoms with Crippen LogP contribution in [-0.2, 0) is 21.2 Å². The monoisotopic (exact) mass is 389 g/mol. The van der Waals surface area contributed by atoms with E-state index >= 15 is 0 Å². The predicted octanol–water partition coefficient (Wildman–Crippen LogP) is 1.78. The van der Waals surface area contributed by atoms with E-state index in [-0.39, 0.29) is 16.3 Å². The van der Waals surface area contributed by atoms with Gasteiger partial charge in [0.05, 0.1) is 11.4 Å². The quantitative estimate of drug-likeness (QED) is 0.821. The SMILES string of the molecule is NS(=O)(=O)c1ccc2c(c1)CCN2CC(=O)NC12CC3CC(CC(C3)C1)C2. The van der Waals surface area contributed by atoms with Gasteiger partial charge in [0.2, 0.25) is 15.9 Å². The van der Waals surface area contributed by atoms with E-state index in [1.807, 2.05) is 0 Å². The van der Waals surface area contributed by atoms with Crippen molar-refractivity contribution in [2.24, 2.45) is 22.9 Å². The number of anilines is 1. The van der Waals surface area contributed by atoms with Gasteiger partial charge < -0.3 is 10.2 Å². The molecular formula is C20H27N3O3S. The number of carbonyl (C=O) groups excluding carboxylic acids is 1. The molecule has 27 heavy (non-hydrogen) atoms. The average molecular weight is 390 g/mol. The van der Waals surface area contributed by atoms with Crippen molar-refractivity contribution >= 4 is 21.6 Å². The summed E-state index contributed by atoms with van der Waals surface area (Å²) in [5.74, 6) is 2.52. The van der Waals surface area contributed by atoms with E-state index in [1.54, 1.807) is 12.1 Å². The Balaban J connectivity index is 1.28. The van der Waals surface area contributed by atoms with E-state index in [9.17, 15) is 13.2 Å². The second kappa shape index (κ2) is 5.95. The number of hydrogen-bond acceptors (Lipinski definition) is 4. The minimum absolute atomic E-state index is 0.0336. The second-order valence-electron chi connectivity index (χ2n) is 9.25. The smallest absolute Gasteiger partial charge is 0.239 e. The van der Waals surface area contributed by atoms with Gasteiger partial charge in [0, 0.05) is 17.8 Å². The summed E-state index contributed by atoms with van der Waals surface area (Å²) in [7, 11) is -3.69. The standard InChI is InChI=1S/C20H27N3O3S/c21-27(25,26)17-1-2-18-16(8-17)3-4-23(18)12-19(24)22-20-9-13-5-14(10-20)7-15(6-13)11-20/h1-2,8,13-15H,3-7,9-12H2,(H,22,24)(H2,21,25,26). The fraction of sp³-hybridized carbons (Fsp3) is 0.650. The molecule has 0 spiro atoms. The van der Waals surface area contributed by atoms with Gasteiger partial charge in [0.1, 0.15) is 0 Å². The van der Waals surface area contributed by atoms with Crippen LogP contribution in [0.25, 0.3) is 0 Å². The van der Waals surface area contributed by atoms with Crippen molar-refractivity contribution in [3.05, 3.63) is 23.8 Å². The van der Waals surface area contributed by atoms with Gasteiger partial charge in [-0.15, -0.1) is 0 Å². The number of hydrogen-bond donors (Lipinski definition) is 2. The average Bonchev–Trinajstić information content (AvgIpc) is 2.94. The van der Waals surface area contributed by atoms with Crippen LogP contribution in [0.15, 0.2) is 23.1 Å². The summed E-state index contributed by atoms with van der Waals surface area (Å²) in [6.07, 6.45) is 8.28. The Morgan fingerprint density at radius 1 is 1.15 bits per heavy atom. The zero-order chi connectivity index (χ0) is 18.8. The van der Waals surface area contributed by atoms with Crippen molar-refractivity contribution in [1.29, 1.82) is 0 Å². The molecule has 0 saturated heterocycles. The molecule has 0 aromatic heterocycles. The van der Waals surface area contributed by atoms with Crippen LogP contribution in [0.2, 0.25) is 0 Å². The minimum Gasteiger partial charge on any atom is -0.362 e. The molecule has 1 aromatic carbocycles. The largest absolute Gasteiger partial charge is 0.362 e. The number of nitrogens with two attached hydrogens (primary N) is 1. The van der Waals surface area contributed by atoms with E-state index in [4.69, 9.17) is 5.14 Å². The Bertz CT molecular complexity index is 860. The van der Waals surface area contributed by atoms with Crippen molar-refractivity contribution in [3.63, 3.8) is 0 Å². The number of rotatable bonds is 4. The summed E-state index contributed by atoms with van der Waals surface area (Å²) in [4.78, 5) is 15.0. The molecule has 0 radical (unpaired) electrons. The molecule has 0 atom stereocenters. The number of amides is 1. The Morgan fingerprint density at radius 3 is 2.37 bits per heavy atom. The third kappa shape index (κ3) is 3.14. The molecule has 4 fully saturated rings. The lowest BCUT2D eigenvalue weighted by atomic mass is 9.53. The predicted molar refractivity (Wildman–Crippen MR) is 103 cm³/mol. The molecule has 1 aromatic rings. The number of nitrogens with zero attached hydrogens (tertiary/aromatic N) is 1. The highest BCUT2D eigenvalue weighted by molar-refractivity contribution is 7.89. The normalized spacial score (nSPS) is 34.0. The fourth-order valence-electron chi connectivity index (χ4n) is 6.56. The molecule has 5 aliphatic rings. The third-order valence-electron chi connectivity index (χ3n) is 7.15. The highest BCUT2D eigenvalue weighted by Crippen LogP contribution is 2.55. The van der Waals surface area contributed by atoms with Crippen molar-refractivity contribution < 1.29 is 13.2 Å². The van der Waals surface area contributed by atoms with Crippen LogP contribution < -0.4 is 15.4 Å². The summed E-state index contributed by atoms with van der Waals surface area (Å²) in [5, 5.41) is 8.65. The summed E-state index contributed by atoms with van der Waals surface area (Å²) in [5.41, 5.74) is 1.93. The van der Waals surface area contributed by atoms with Crippen molar-refractivity contribution in [2.75, 3.05) is 18.0 Å². The summed E-state index contributed by atoms with van der Waals surface area (Å²) >= 11 is 0. The first-order chi connectivity index (χ1) is 12.8. The summed E-state index contributed by atoms with van der Waals surface area (Å²) in [6, 6.07) is 4.95. The van der Waals surface area contributed by atoms with Crippen LogP contribution in [0.3, 0.4) is 0 Å². The lowest BCUT2D eigenvalue weighted by Crippen LogP contribution is -2.61. The van der Waals surface area contributed by atoms with Crippen LogP contribution in [0.5, 0.6) is 0 Å². The molecule has 1 aliphatic heterocycles. The Morgan fingerprint density at radius 2 is 1.78 bits per heavy atom.